The van der Waals surface area contributed by atoms with E-state index in [0.29, 0.717) is 55.1 Å². The Morgan fingerprint density at radius 2 is 1.96 bits per heavy atom. The average Bonchev–Trinajstić information content (AvgIpc) is 2.56. The zero-order valence-electron chi connectivity index (χ0n) is 13.8. The van der Waals surface area contributed by atoms with Gasteiger partial charge in [-0.1, -0.05) is 29.3 Å². The van der Waals surface area contributed by atoms with E-state index < -0.39 is 0 Å². The molecule has 0 spiro atoms. The van der Waals surface area contributed by atoms with Gasteiger partial charge in [0.05, 0.1) is 48.5 Å². The van der Waals surface area contributed by atoms with Gasteiger partial charge in [0.2, 0.25) is 0 Å². The van der Waals surface area contributed by atoms with Crippen molar-refractivity contribution in [2.45, 2.75) is 13.8 Å². The lowest BCUT2D eigenvalue weighted by Crippen LogP contribution is -3.15. The van der Waals surface area contributed by atoms with Crippen LogP contribution in [0.2, 0.25) is 10.0 Å². The monoisotopic (exact) mass is 374 g/mol. The molecule has 1 aromatic carbocycles. The predicted octanol–water partition coefficient (Wildman–Crippen LogP) is 1.60. The van der Waals surface area contributed by atoms with Crippen LogP contribution in [0.3, 0.4) is 0 Å². The molecule has 1 aromatic rings. The third kappa shape index (κ3) is 4.75. The van der Waals surface area contributed by atoms with E-state index in [0.717, 1.165) is 10.5 Å². The maximum absolute atomic E-state index is 12.3. The van der Waals surface area contributed by atoms with Gasteiger partial charge < -0.3 is 15.0 Å². The minimum atomic E-state index is -0.292. The molecule has 132 valence electrons. The highest BCUT2D eigenvalue weighted by molar-refractivity contribution is 6.40. The fourth-order valence-electron chi connectivity index (χ4n) is 2.58. The van der Waals surface area contributed by atoms with Gasteiger partial charge in [-0.15, -0.1) is 0 Å². The van der Waals surface area contributed by atoms with Crippen LogP contribution in [-0.4, -0.2) is 56.2 Å². The highest BCUT2D eigenvalue weighted by atomic mass is 35.5. The molecule has 2 amide bonds. The molecule has 24 heavy (non-hydrogen) atoms. The van der Waals surface area contributed by atoms with Gasteiger partial charge in [0.1, 0.15) is 0 Å². The molecule has 1 heterocycles. The molecule has 0 bridgehead atoms. The number of hydrogen-bond donors (Lipinski definition) is 2. The summed E-state index contributed by atoms with van der Waals surface area (Å²) in [7, 11) is 0. The fraction of sp³-hybridized carbons (Fsp3) is 0.500. The number of quaternary nitrogens is 1. The van der Waals surface area contributed by atoms with Crippen molar-refractivity contribution in [3.63, 3.8) is 0 Å². The van der Waals surface area contributed by atoms with Crippen molar-refractivity contribution in [1.29, 1.82) is 0 Å². The number of carbonyl (C=O) groups excluding carboxylic acids is 2. The van der Waals surface area contributed by atoms with Crippen LogP contribution in [0.25, 0.3) is 0 Å². The van der Waals surface area contributed by atoms with Gasteiger partial charge in [0.25, 0.3) is 5.91 Å². The van der Waals surface area contributed by atoms with Crippen molar-refractivity contribution in [2.75, 3.05) is 44.6 Å². The lowest BCUT2D eigenvalue weighted by atomic mass is 10.2. The van der Waals surface area contributed by atoms with Gasteiger partial charge in [-0.2, -0.15) is 0 Å². The van der Waals surface area contributed by atoms with Gasteiger partial charge in [-0.25, -0.2) is 4.79 Å². The highest BCUT2D eigenvalue weighted by Crippen LogP contribution is 2.32. The number of nitrogens with zero attached hydrogens (tertiary/aromatic N) is 1. The van der Waals surface area contributed by atoms with Gasteiger partial charge in [-0.05, 0) is 25.5 Å². The largest absolute Gasteiger partial charge is 0.450 e. The molecule has 1 fully saturated rings. The molecule has 1 aliphatic rings. The minimum Gasteiger partial charge on any atom is -0.450 e. The van der Waals surface area contributed by atoms with Gasteiger partial charge in [0, 0.05) is 0 Å². The Labute approximate surface area is 151 Å². The summed E-state index contributed by atoms with van der Waals surface area (Å²) in [5, 5.41) is 3.67. The van der Waals surface area contributed by atoms with Crippen LogP contribution in [0.1, 0.15) is 12.5 Å². The molecule has 6 nitrogen and oxygen atoms in total. The summed E-state index contributed by atoms with van der Waals surface area (Å²) >= 11 is 12.3. The van der Waals surface area contributed by atoms with Crippen molar-refractivity contribution in [3.05, 3.63) is 27.7 Å². The molecular formula is C16H22Cl2N3O3+. The number of amides is 2. The molecule has 2 N–H and O–H groups in total. The number of piperazine rings is 1. The Morgan fingerprint density at radius 3 is 2.58 bits per heavy atom. The number of halogens is 2. The zero-order valence-corrected chi connectivity index (χ0v) is 15.3. The summed E-state index contributed by atoms with van der Waals surface area (Å²) < 4.78 is 4.98. The molecular weight excluding hydrogens is 353 g/mol. The molecule has 1 saturated heterocycles. The number of anilines is 1. The lowest BCUT2D eigenvalue weighted by Gasteiger charge is -2.31. The molecule has 0 aliphatic carbocycles. The second-order valence-electron chi connectivity index (χ2n) is 5.71. The van der Waals surface area contributed by atoms with Crippen molar-refractivity contribution in [2.24, 2.45) is 0 Å². The van der Waals surface area contributed by atoms with Gasteiger partial charge in [0.15, 0.2) is 6.54 Å². The van der Waals surface area contributed by atoms with Crippen LogP contribution in [0.4, 0.5) is 10.5 Å². The first-order valence-corrected chi connectivity index (χ1v) is 8.67. The number of benzene rings is 1. The molecule has 1 aliphatic heterocycles. The van der Waals surface area contributed by atoms with E-state index in [1.807, 2.05) is 6.92 Å². The van der Waals surface area contributed by atoms with Gasteiger partial charge in [-0.3, -0.25) is 9.69 Å². The summed E-state index contributed by atoms with van der Waals surface area (Å²) in [6.45, 7) is 6.85. The Hall–Kier alpha value is -1.50. The predicted molar refractivity (Wildman–Crippen MR) is 94.0 cm³/mol. The summed E-state index contributed by atoms with van der Waals surface area (Å²) in [5.41, 5.74) is 1.31. The molecule has 0 atom stereocenters. The molecule has 0 radical (unpaired) electrons. The second-order valence-corrected chi connectivity index (χ2v) is 6.50. The normalized spacial score (nSPS) is 15.2. The first-order valence-electron chi connectivity index (χ1n) is 7.92. The topological polar surface area (TPSA) is 63.1 Å². The smallest absolute Gasteiger partial charge is 0.410 e. The SMILES string of the molecule is CCOC(=O)N1CC[NH+](CC(=O)Nc2c(Cl)ccc(C)c2Cl)CC1. The number of aryl methyl sites for hydroxylation is 1. The third-order valence-electron chi connectivity index (χ3n) is 3.96. The van der Waals surface area contributed by atoms with E-state index >= 15 is 0 Å². The molecule has 0 unspecified atom stereocenters. The average molecular weight is 375 g/mol. The Bertz CT molecular complexity index is 617. The van der Waals surface area contributed by atoms with E-state index in [1.165, 1.54) is 0 Å². The number of ether oxygens (including phenoxy) is 1. The third-order valence-corrected chi connectivity index (χ3v) is 4.76. The van der Waals surface area contributed by atoms with Crippen LogP contribution in [0.5, 0.6) is 0 Å². The van der Waals surface area contributed by atoms with E-state index in [-0.39, 0.29) is 12.0 Å². The Morgan fingerprint density at radius 1 is 1.29 bits per heavy atom. The molecule has 0 aromatic heterocycles. The van der Waals surface area contributed by atoms with Crippen LogP contribution in [0.15, 0.2) is 12.1 Å². The Kier molecular flexibility index (Phi) is 6.71. The highest BCUT2D eigenvalue weighted by Gasteiger charge is 2.26. The van der Waals surface area contributed by atoms with Crippen LogP contribution < -0.4 is 10.2 Å². The van der Waals surface area contributed by atoms with Crippen molar-refractivity contribution in [3.8, 4) is 0 Å². The lowest BCUT2D eigenvalue weighted by molar-refractivity contribution is -0.895. The van der Waals surface area contributed by atoms with Crippen molar-refractivity contribution in [1.82, 2.24) is 4.90 Å². The van der Waals surface area contributed by atoms with Crippen LogP contribution in [0, 0.1) is 6.92 Å². The standard InChI is InChI=1S/C16H21Cl2N3O3/c1-3-24-16(23)21-8-6-20(7-9-21)10-13(22)19-15-12(17)5-4-11(2)14(15)18/h4-5H,3,6-10H2,1-2H3,(H,19,22)/p+1. The second kappa shape index (κ2) is 8.55. The number of hydrogen-bond acceptors (Lipinski definition) is 3. The summed E-state index contributed by atoms with van der Waals surface area (Å²) in [6.07, 6.45) is -0.292. The number of nitrogens with one attached hydrogen (secondary N) is 2. The van der Waals surface area contributed by atoms with Gasteiger partial charge >= 0.3 is 6.09 Å². The maximum atomic E-state index is 12.3. The molecule has 2 rings (SSSR count). The van der Waals surface area contributed by atoms with E-state index in [9.17, 15) is 9.59 Å². The van der Waals surface area contributed by atoms with Crippen molar-refractivity contribution < 1.29 is 19.2 Å². The van der Waals surface area contributed by atoms with Crippen LogP contribution in [-0.2, 0) is 9.53 Å². The first kappa shape index (κ1) is 18.8. The molecule has 0 saturated carbocycles. The van der Waals surface area contributed by atoms with Crippen LogP contribution >= 0.6 is 23.2 Å². The minimum absolute atomic E-state index is 0.149. The summed E-state index contributed by atoms with van der Waals surface area (Å²) in [5.74, 6) is -0.149. The zero-order chi connectivity index (χ0) is 17.7. The number of rotatable bonds is 4. The van der Waals surface area contributed by atoms with E-state index in [2.05, 4.69) is 5.32 Å². The summed E-state index contributed by atoms with van der Waals surface area (Å²) in [4.78, 5) is 26.7. The van der Waals surface area contributed by atoms with Crippen molar-refractivity contribution >= 4 is 40.9 Å². The quantitative estimate of drug-likeness (QED) is 0.841. The number of carbonyl (C=O) groups is 2. The van der Waals surface area contributed by atoms with E-state index in [1.54, 1.807) is 24.0 Å². The fourth-order valence-corrected chi connectivity index (χ4v) is 3.04. The maximum Gasteiger partial charge on any atom is 0.410 e. The van der Waals surface area contributed by atoms with E-state index in [4.69, 9.17) is 27.9 Å². The Balaban J connectivity index is 1.86. The summed E-state index contributed by atoms with van der Waals surface area (Å²) in [6, 6.07) is 3.52. The first-order chi connectivity index (χ1) is 11.4. The molecule has 8 heteroatoms.